The Morgan fingerprint density at radius 3 is 2.52 bits per heavy atom. The average Bonchev–Trinajstić information content (AvgIpc) is 2.84. The van der Waals surface area contributed by atoms with E-state index < -0.39 is 0 Å². The number of aryl methyl sites for hydroxylation is 2. The minimum atomic E-state index is -0.0427. The lowest BCUT2D eigenvalue weighted by molar-refractivity contribution is 0.202. The number of nitrogens with one attached hydrogen (secondary N) is 2. The lowest BCUT2D eigenvalue weighted by Crippen LogP contribution is -2.05. The van der Waals surface area contributed by atoms with Gasteiger partial charge in [0.1, 0.15) is 17.9 Å². The summed E-state index contributed by atoms with van der Waals surface area (Å²) in [6, 6.07) is 24.3. The second-order valence-electron chi connectivity index (χ2n) is 7.80. The van der Waals surface area contributed by atoms with Crippen LogP contribution in [0.25, 0.3) is 17.0 Å². The lowest BCUT2D eigenvalue weighted by Gasteiger charge is -2.18. The lowest BCUT2D eigenvalue weighted by atomic mass is 10.0. The summed E-state index contributed by atoms with van der Waals surface area (Å²) in [5.74, 6) is 0.666. The highest BCUT2D eigenvalue weighted by molar-refractivity contribution is 6.00. The van der Waals surface area contributed by atoms with E-state index >= 15 is 0 Å². The number of ether oxygens (including phenoxy) is 1. The molecule has 1 aromatic heterocycles. The molecule has 4 aromatic rings. The molecule has 0 saturated carbocycles. The summed E-state index contributed by atoms with van der Waals surface area (Å²) in [5.41, 5.74) is 6.97. The van der Waals surface area contributed by atoms with Gasteiger partial charge in [-0.05, 0) is 43.7 Å². The number of pyridine rings is 1. The summed E-state index contributed by atoms with van der Waals surface area (Å²) in [4.78, 5) is 4.87. The number of hydrogen-bond donors (Lipinski definition) is 3. The Kier molecular flexibility index (Phi) is 7.22. The Morgan fingerprint density at radius 2 is 1.73 bits per heavy atom. The van der Waals surface area contributed by atoms with Gasteiger partial charge in [-0.15, -0.1) is 0 Å². The van der Waals surface area contributed by atoms with Gasteiger partial charge >= 0.3 is 0 Å². The number of anilines is 3. The molecule has 0 fully saturated rings. The van der Waals surface area contributed by atoms with Crippen molar-refractivity contribution in [1.82, 2.24) is 4.98 Å². The van der Waals surface area contributed by atoms with Crippen molar-refractivity contribution in [2.24, 2.45) is 0 Å². The summed E-state index contributed by atoms with van der Waals surface area (Å²) in [6.07, 6.45) is 4.22. The van der Waals surface area contributed by atoms with Gasteiger partial charge < -0.3 is 20.5 Å². The minimum absolute atomic E-state index is 0.0427. The predicted molar refractivity (Wildman–Crippen MR) is 137 cm³/mol. The molecular formula is C28H29N3O2. The van der Waals surface area contributed by atoms with Crippen molar-refractivity contribution in [3.63, 3.8) is 0 Å². The van der Waals surface area contributed by atoms with E-state index in [4.69, 9.17) is 9.72 Å². The fourth-order valence-corrected chi connectivity index (χ4v) is 3.76. The summed E-state index contributed by atoms with van der Waals surface area (Å²) in [5, 5.41) is 17.2. The molecule has 0 amide bonds. The number of aliphatic hydroxyl groups excluding tert-OH is 1. The maximum atomic E-state index is 9.21. The fraction of sp³-hybridized carbons (Fsp3) is 0.179. The topological polar surface area (TPSA) is 66.4 Å². The second kappa shape index (κ2) is 10.7. The van der Waals surface area contributed by atoms with Gasteiger partial charge in [0.25, 0.3) is 0 Å². The number of hydrogen-bond acceptors (Lipinski definition) is 5. The molecule has 3 aromatic carbocycles. The highest BCUT2D eigenvalue weighted by Gasteiger charge is 2.15. The van der Waals surface area contributed by atoms with Crippen LogP contribution in [-0.4, -0.2) is 29.8 Å². The zero-order valence-corrected chi connectivity index (χ0v) is 19.0. The van der Waals surface area contributed by atoms with E-state index in [1.54, 1.807) is 0 Å². The van der Waals surface area contributed by atoms with E-state index in [0.29, 0.717) is 12.3 Å². The molecule has 0 spiro atoms. The van der Waals surface area contributed by atoms with E-state index in [9.17, 15) is 5.11 Å². The molecule has 0 aliphatic heterocycles. The summed E-state index contributed by atoms with van der Waals surface area (Å²) in [7, 11) is 0. The van der Waals surface area contributed by atoms with Crippen molar-refractivity contribution >= 4 is 34.0 Å². The maximum Gasteiger partial charge on any atom is 0.145 e. The van der Waals surface area contributed by atoms with Gasteiger partial charge in [-0.25, -0.2) is 4.98 Å². The number of nitrogens with zero attached hydrogens (tertiary/aromatic N) is 1. The summed E-state index contributed by atoms with van der Waals surface area (Å²) in [6.45, 7) is 4.99. The van der Waals surface area contributed by atoms with E-state index in [1.807, 2.05) is 55.5 Å². The Labute approximate surface area is 194 Å². The Morgan fingerprint density at radius 1 is 0.939 bits per heavy atom. The van der Waals surface area contributed by atoms with Gasteiger partial charge in [0.15, 0.2) is 0 Å². The first-order valence-electron chi connectivity index (χ1n) is 11.1. The SMILES string of the molecule is Cc1ccccc1Nc1c(C=CCNc2ccccc2)c(C)nc2c(OCCO)cccc12. The van der Waals surface area contributed by atoms with Gasteiger partial charge in [-0.1, -0.05) is 60.7 Å². The van der Waals surface area contributed by atoms with E-state index in [1.165, 1.54) is 0 Å². The molecule has 0 atom stereocenters. The third kappa shape index (κ3) is 5.33. The number of aliphatic hydroxyl groups is 1. The highest BCUT2D eigenvalue weighted by atomic mass is 16.5. The van der Waals surface area contributed by atoms with Crippen LogP contribution >= 0.6 is 0 Å². The molecule has 0 aliphatic rings. The number of aromatic nitrogens is 1. The predicted octanol–water partition coefficient (Wildman–Crippen LogP) is 6.09. The van der Waals surface area contributed by atoms with Crippen molar-refractivity contribution in [3.05, 3.63) is 95.7 Å². The molecule has 0 radical (unpaired) electrons. The largest absolute Gasteiger partial charge is 0.489 e. The Hall–Kier alpha value is -3.83. The molecule has 4 rings (SSSR count). The second-order valence-corrected chi connectivity index (χ2v) is 7.80. The quantitative estimate of drug-likeness (QED) is 0.294. The van der Waals surface area contributed by atoms with Crippen molar-refractivity contribution in [2.45, 2.75) is 13.8 Å². The van der Waals surface area contributed by atoms with Gasteiger partial charge in [0.05, 0.1) is 12.3 Å². The first-order chi connectivity index (χ1) is 16.2. The Balaban J connectivity index is 1.74. The van der Waals surface area contributed by atoms with Crippen LogP contribution in [0, 0.1) is 13.8 Å². The molecule has 1 heterocycles. The standard InChI is InChI=1S/C28H29N3O2/c1-20-10-6-7-15-25(20)31-27-23(14-9-17-29-22-11-4-3-5-12-22)21(2)30-28-24(27)13-8-16-26(28)33-19-18-32/h3-16,29,32H,17-19H2,1-2H3,(H,30,31). The molecule has 0 saturated heterocycles. The van der Waals surface area contributed by atoms with Crippen LogP contribution in [0.4, 0.5) is 17.1 Å². The zero-order valence-electron chi connectivity index (χ0n) is 19.0. The summed E-state index contributed by atoms with van der Waals surface area (Å²) < 4.78 is 5.77. The van der Waals surface area contributed by atoms with Gasteiger partial charge in [0, 0.05) is 34.6 Å². The average molecular weight is 440 g/mol. The molecule has 168 valence electrons. The molecule has 0 unspecified atom stereocenters. The van der Waals surface area contributed by atoms with Crippen LogP contribution in [0.1, 0.15) is 16.8 Å². The van der Waals surface area contributed by atoms with Gasteiger partial charge in [-0.3, -0.25) is 0 Å². The van der Waals surface area contributed by atoms with E-state index in [2.05, 4.69) is 54.0 Å². The van der Waals surface area contributed by atoms with Crippen molar-refractivity contribution in [2.75, 3.05) is 30.4 Å². The molecule has 0 bridgehead atoms. The minimum Gasteiger partial charge on any atom is -0.489 e. The highest BCUT2D eigenvalue weighted by Crippen LogP contribution is 2.36. The monoisotopic (exact) mass is 439 g/mol. The van der Waals surface area contributed by atoms with E-state index in [-0.39, 0.29) is 13.2 Å². The molecule has 0 aliphatic carbocycles. The number of benzene rings is 3. The molecule has 33 heavy (non-hydrogen) atoms. The first-order valence-corrected chi connectivity index (χ1v) is 11.1. The van der Waals surface area contributed by atoms with Crippen LogP contribution in [-0.2, 0) is 0 Å². The smallest absolute Gasteiger partial charge is 0.145 e. The van der Waals surface area contributed by atoms with Gasteiger partial charge in [0.2, 0.25) is 0 Å². The first kappa shape index (κ1) is 22.4. The molecule has 5 nitrogen and oxygen atoms in total. The van der Waals surface area contributed by atoms with Crippen molar-refractivity contribution < 1.29 is 9.84 Å². The normalized spacial score (nSPS) is 11.1. The fourth-order valence-electron chi connectivity index (χ4n) is 3.76. The van der Waals surface area contributed by atoms with Crippen LogP contribution in [0.3, 0.4) is 0 Å². The molecule has 5 heteroatoms. The zero-order chi connectivity index (χ0) is 23.0. The van der Waals surface area contributed by atoms with E-state index in [0.717, 1.165) is 44.8 Å². The Bertz CT molecular complexity index is 1250. The van der Waals surface area contributed by atoms with Crippen LogP contribution in [0.15, 0.2) is 78.9 Å². The van der Waals surface area contributed by atoms with Crippen LogP contribution in [0.5, 0.6) is 5.75 Å². The number of para-hydroxylation sites is 3. The molecular weight excluding hydrogens is 410 g/mol. The van der Waals surface area contributed by atoms with Crippen LogP contribution in [0.2, 0.25) is 0 Å². The summed E-state index contributed by atoms with van der Waals surface area (Å²) >= 11 is 0. The maximum absolute atomic E-state index is 9.21. The number of rotatable bonds is 9. The molecule has 3 N–H and O–H groups in total. The van der Waals surface area contributed by atoms with Crippen molar-refractivity contribution in [3.8, 4) is 5.75 Å². The van der Waals surface area contributed by atoms with Gasteiger partial charge in [-0.2, -0.15) is 0 Å². The van der Waals surface area contributed by atoms with Crippen molar-refractivity contribution in [1.29, 1.82) is 0 Å². The third-order valence-electron chi connectivity index (χ3n) is 5.44. The van der Waals surface area contributed by atoms with Crippen LogP contribution < -0.4 is 15.4 Å². The number of fused-ring (bicyclic) bond motifs is 1. The third-order valence-corrected chi connectivity index (χ3v) is 5.44.